The maximum Gasteiger partial charge on any atom is 0.291 e. The minimum absolute atomic E-state index is 0.0787. The maximum atomic E-state index is 13.5. The van der Waals surface area contributed by atoms with E-state index in [0.717, 1.165) is 0 Å². The van der Waals surface area contributed by atoms with Crippen LogP contribution in [0, 0.1) is 11.8 Å². The first-order valence-electron chi connectivity index (χ1n) is 9.85. The summed E-state index contributed by atoms with van der Waals surface area (Å²) >= 11 is 6.20. The van der Waals surface area contributed by atoms with Gasteiger partial charge in [-0.25, -0.2) is 0 Å². The molecular weight excluding hydrogens is 396 g/mol. The maximum absolute atomic E-state index is 13.5. The number of primary amides is 1. The number of halogens is 1. The molecule has 0 aliphatic carbocycles. The molecule has 1 spiro atoms. The molecule has 0 unspecified atom stereocenters. The molecule has 2 fully saturated rings. The average Bonchev–Trinajstić information content (AvgIpc) is 3.25. The lowest BCUT2D eigenvalue weighted by Crippen LogP contribution is -2.99. The number of amides is 4. The van der Waals surface area contributed by atoms with Crippen LogP contribution in [0.3, 0.4) is 0 Å². The van der Waals surface area contributed by atoms with E-state index < -0.39 is 29.3 Å². The second-order valence-electron chi connectivity index (χ2n) is 8.16. The third-order valence-corrected chi connectivity index (χ3v) is 6.86. The normalized spacial score (nSPS) is 31.2. The molecule has 0 saturated carbocycles. The number of carbonyl (C=O) groups excluding carboxylic acids is 4. The molecule has 3 heterocycles. The molecule has 0 bridgehead atoms. The van der Waals surface area contributed by atoms with Gasteiger partial charge in [0.05, 0.1) is 5.69 Å². The quantitative estimate of drug-likeness (QED) is 0.585. The third kappa shape index (κ3) is 2.69. The largest absolute Gasteiger partial charge is 0.370 e. The topological polar surface area (TPSA) is 126 Å². The summed E-state index contributed by atoms with van der Waals surface area (Å²) < 4.78 is 0. The first-order valence-corrected chi connectivity index (χ1v) is 10.2. The number of anilines is 1. The van der Waals surface area contributed by atoms with Crippen molar-refractivity contribution in [1.82, 2.24) is 4.90 Å². The smallest absolute Gasteiger partial charge is 0.291 e. The van der Waals surface area contributed by atoms with Crippen molar-refractivity contribution < 1.29 is 24.5 Å². The Labute approximate surface area is 173 Å². The summed E-state index contributed by atoms with van der Waals surface area (Å²) in [6.07, 6.45) is 1.01. The molecule has 0 aromatic heterocycles. The highest BCUT2D eigenvalue weighted by atomic mass is 35.5. The van der Waals surface area contributed by atoms with Crippen molar-refractivity contribution in [3.05, 3.63) is 28.8 Å². The van der Waals surface area contributed by atoms with Crippen molar-refractivity contribution >= 4 is 40.9 Å². The van der Waals surface area contributed by atoms with Crippen LogP contribution in [0.25, 0.3) is 0 Å². The van der Waals surface area contributed by atoms with E-state index in [4.69, 9.17) is 17.3 Å². The standard InChI is InChI=1S/C20H23ClN4O4/c1-3-9(2)25-17(27)15-13(6-7-14(22)26)24-20(16(15)18(25)28)11-8-10(21)4-5-12(11)23-19(20)29/h4-5,8-9,13,15-16,24H,3,6-7H2,1-2H3,(H2,22,26)(H,23,29)/p+1/t9-,13-,15+,16-,20+/m0/s1. The van der Waals surface area contributed by atoms with Gasteiger partial charge in [-0.1, -0.05) is 18.5 Å². The minimum atomic E-state index is -1.28. The molecule has 5 atom stereocenters. The second-order valence-corrected chi connectivity index (χ2v) is 8.59. The summed E-state index contributed by atoms with van der Waals surface area (Å²) in [7, 11) is 0. The number of likely N-dealkylation sites (tertiary alicyclic amines) is 1. The predicted molar refractivity (Wildman–Crippen MR) is 104 cm³/mol. The Morgan fingerprint density at radius 3 is 2.72 bits per heavy atom. The fourth-order valence-corrected chi connectivity index (χ4v) is 5.32. The van der Waals surface area contributed by atoms with Crippen LogP contribution in [0.4, 0.5) is 5.69 Å². The Morgan fingerprint density at radius 1 is 1.34 bits per heavy atom. The summed E-state index contributed by atoms with van der Waals surface area (Å²) in [4.78, 5) is 52.7. The van der Waals surface area contributed by atoms with Crippen LogP contribution in [-0.4, -0.2) is 40.6 Å². The number of benzene rings is 1. The van der Waals surface area contributed by atoms with E-state index in [9.17, 15) is 19.2 Å². The number of quaternary nitrogens is 1. The highest BCUT2D eigenvalue weighted by Gasteiger charge is 2.74. The molecule has 1 aromatic carbocycles. The highest BCUT2D eigenvalue weighted by molar-refractivity contribution is 6.31. The Balaban J connectivity index is 1.85. The molecule has 4 rings (SSSR count). The predicted octanol–water partition coefficient (Wildman–Crippen LogP) is 0.0982. The molecule has 9 heteroatoms. The number of nitrogens with zero attached hydrogens (tertiary/aromatic N) is 1. The zero-order chi connectivity index (χ0) is 21.1. The van der Waals surface area contributed by atoms with Crippen molar-refractivity contribution in [1.29, 1.82) is 0 Å². The molecule has 0 radical (unpaired) electrons. The average molecular weight is 420 g/mol. The fourth-order valence-electron chi connectivity index (χ4n) is 5.15. The second kappa shape index (κ2) is 6.81. The SMILES string of the molecule is CC[C@H](C)N1C(=O)[C@@H]2[C@H](CCC(N)=O)[NH2+][C@@]3(C(=O)Nc4ccc(Cl)cc43)[C@@H]2C1=O. The lowest BCUT2D eigenvalue weighted by atomic mass is 9.76. The van der Waals surface area contributed by atoms with Gasteiger partial charge in [-0.3, -0.25) is 24.1 Å². The lowest BCUT2D eigenvalue weighted by Gasteiger charge is -2.28. The van der Waals surface area contributed by atoms with Crippen LogP contribution < -0.4 is 16.4 Å². The molecule has 154 valence electrons. The lowest BCUT2D eigenvalue weighted by molar-refractivity contribution is -0.734. The number of nitrogens with two attached hydrogens (primary N) is 2. The summed E-state index contributed by atoms with van der Waals surface area (Å²) in [5.74, 6) is -2.97. The van der Waals surface area contributed by atoms with Gasteiger partial charge in [-0.05, 0) is 31.5 Å². The van der Waals surface area contributed by atoms with Gasteiger partial charge in [0.1, 0.15) is 17.9 Å². The van der Waals surface area contributed by atoms with Gasteiger partial charge in [0.2, 0.25) is 23.3 Å². The van der Waals surface area contributed by atoms with E-state index in [-0.39, 0.29) is 30.2 Å². The summed E-state index contributed by atoms with van der Waals surface area (Å²) in [5.41, 5.74) is 5.25. The number of rotatable bonds is 5. The Bertz CT molecular complexity index is 935. The zero-order valence-electron chi connectivity index (χ0n) is 16.3. The summed E-state index contributed by atoms with van der Waals surface area (Å²) in [6.45, 7) is 3.73. The number of hydrogen-bond donors (Lipinski definition) is 3. The van der Waals surface area contributed by atoms with Crippen LogP contribution in [0.1, 0.15) is 38.7 Å². The van der Waals surface area contributed by atoms with Gasteiger partial charge in [-0.15, -0.1) is 0 Å². The van der Waals surface area contributed by atoms with Crippen molar-refractivity contribution in [2.75, 3.05) is 5.32 Å². The van der Waals surface area contributed by atoms with Gasteiger partial charge in [0, 0.05) is 29.5 Å². The molecule has 3 aliphatic rings. The number of imide groups is 1. The van der Waals surface area contributed by atoms with Crippen LogP contribution in [0.2, 0.25) is 5.02 Å². The van der Waals surface area contributed by atoms with Crippen molar-refractivity contribution in [3.63, 3.8) is 0 Å². The zero-order valence-corrected chi connectivity index (χ0v) is 17.0. The number of nitrogens with one attached hydrogen (secondary N) is 1. The summed E-state index contributed by atoms with van der Waals surface area (Å²) in [5, 5.41) is 5.08. The van der Waals surface area contributed by atoms with Gasteiger partial charge < -0.3 is 16.4 Å². The Kier molecular flexibility index (Phi) is 4.66. The molecule has 2 saturated heterocycles. The van der Waals surface area contributed by atoms with Crippen molar-refractivity contribution in [2.24, 2.45) is 17.6 Å². The van der Waals surface area contributed by atoms with Gasteiger partial charge >= 0.3 is 0 Å². The first-order chi connectivity index (χ1) is 13.7. The Hall–Kier alpha value is -2.45. The van der Waals surface area contributed by atoms with Crippen LogP contribution in [-0.2, 0) is 24.7 Å². The van der Waals surface area contributed by atoms with E-state index in [1.54, 1.807) is 23.5 Å². The molecule has 4 amide bonds. The van der Waals surface area contributed by atoms with Crippen LogP contribution in [0.5, 0.6) is 0 Å². The number of carbonyl (C=O) groups is 4. The van der Waals surface area contributed by atoms with E-state index in [2.05, 4.69) is 5.32 Å². The van der Waals surface area contributed by atoms with E-state index in [0.29, 0.717) is 29.1 Å². The summed E-state index contributed by atoms with van der Waals surface area (Å²) in [6, 6.07) is 4.38. The van der Waals surface area contributed by atoms with Gasteiger partial charge in [0.25, 0.3) is 5.91 Å². The van der Waals surface area contributed by atoms with E-state index in [1.165, 1.54) is 4.90 Å². The van der Waals surface area contributed by atoms with Crippen LogP contribution >= 0.6 is 11.6 Å². The molecule has 1 aromatic rings. The van der Waals surface area contributed by atoms with Crippen molar-refractivity contribution in [2.45, 2.75) is 50.7 Å². The van der Waals surface area contributed by atoms with Gasteiger partial charge in [0.15, 0.2) is 0 Å². The minimum Gasteiger partial charge on any atom is -0.370 e. The fraction of sp³-hybridized carbons (Fsp3) is 0.500. The molecule has 29 heavy (non-hydrogen) atoms. The third-order valence-electron chi connectivity index (χ3n) is 6.62. The number of fused-ring (bicyclic) bond motifs is 4. The molecular formula is C20H24ClN4O4+. The van der Waals surface area contributed by atoms with Crippen LogP contribution in [0.15, 0.2) is 18.2 Å². The van der Waals surface area contributed by atoms with Gasteiger partial charge in [-0.2, -0.15) is 0 Å². The van der Waals surface area contributed by atoms with E-state index in [1.807, 2.05) is 13.8 Å². The molecule has 5 N–H and O–H groups in total. The van der Waals surface area contributed by atoms with Crippen molar-refractivity contribution in [3.8, 4) is 0 Å². The molecule has 8 nitrogen and oxygen atoms in total. The van der Waals surface area contributed by atoms with E-state index >= 15 is 0 Å². The first kappa shape index (κ1) is 19.8. The number of hydrogen-bond acceptors (Lipinski definition) is 4. The molecule has 3 aliphatic heterocycles. The highest BCUT2D eigenvalue weighted by Crippen LogP contribution is 2.50. The Morgan fingerprint density at radius 2 is 2.07 bits per heavy atom. The monoisotopic (exact) mass is 419 g/mol.